The molecule has 0 atom stereocenters. The molecule has 1 aromatic carbocycles. The lowest BCUT2D eigenvalue weighted by Crippen LogP contribution is -2.46. The van der Waals surface area contributed by atoms with Crippen LogP contribution in [-0.2, 0) is 0 Å². The Kier molecular flexibility index (Phi) is 4.76. The summed E-state index contributed by atoms with van der Waals surface area (Å²) in [6.45, 7) is 4.52. The monoisotopic (exact) mass is 422 g/mol. The van der Waals surface area contributed by atoms with Crippen LogP contribution in [0.3, 0.4) is 0 Å². The van der Waals surface area contributed by atoms with Crippen molar-refractivity contribution in [3.8, 4) is 21.1 Å². The van der Waals surface area contributed by atoms with Gasteiger partial charge in [-0.3, -0.25) is 14.9 Å². The first kappa shape index (κ1) is 18.8. The SMILES string of the molecule is Cc1c(F)ccc2c(-c3nc(C(=O)N4CCNCC4)c(-c4cccnc4)s3)n[nH]c12. The minimum atomic E-state index is -0.289. The van der Waals surface area contributed by atoms with Crippen LogP contribution in [0.2, 0.25) is 0 Å². The van der Waals surface area contributed by atoms with Crippen LogP contribution < -0.4 is 5.32 Å². The average molecular weight is 422 g/mol. The molecule has 4 heterocycles. The number of piperazine rings is 1. The molecule has 0 aliphatic carbocycles. The number of hydrogen-bond donors (Lipinski definition) is 2. The zero-order valence-electron chi connectivity index (χ0n) is 16.3. The van der Waals surface area contributed by atoms with Gasteiger partial charge in [0.25, 0.3) is 5.91 Å². The number of carbonyl (C=O) groups excluding carboxylic acids is 1. The number of hydrogen-bond acceptors (Lipinski definition) is 6. The van der Waals surface area contributed by atoms with Crippen molar-refractivity contribution in [3.05, 3.63) is 53.7 Å². The summed E-state index contributed by atoms with van der Waals surface area (Å²) in [6, 6.07) is 6.88. The smallest absolute Gasteiger partial charge is 0.274 e. The molecule has 4 aromatic rings. The Morgan fingerprint density at radius 1 is 1.23 bits per heavy atom. The van der Waals surface area contributed by atoms with E-state index >= 15 is 0 Å². The number of nitrogens with zero attached hydrogens (tertiary/aromatic N) is 4. The fourth-order valence-electron chi connectivity index (χ4n) is 3.64. The summed E-state index contributed by atoms with van der Waals surface area (Å²) in [6.07, 6.45) is 3.43. The van der Waals surface area contributed by atoms with E-state index in [1.54, 1.807) is 25.4 Å². The largest absolute Gasteiger partial charge is 0.335 e. The van der Waals surface area contributed by atoms with Crippen LogP contribution in [0.1, 0.15) is 16.1 Å². The third-order valence-electron chi connectivity index (χ3n) is 5.29. The fraction of sp³-hybridized carbons (Fsp3) is 0.238. The predicted molar refractivity (Wildman–Crippen MR) is 114 cm³/mol. The van der Waals surface area contributed by atoms with Gasteiger partial charge in [-0.15, -0.1) is 11.3 Å². The van der Waals surface area contributed by atoms with E-state index in [2.05, 4.69) is 20.5 Å². The quantitative estimate of drug-likeness (QED) is 0.529. The number of halogens is 1. The Hall–Kier alpha value is -3.17. The van der Waals surface area contributed by atoms with Crippen molar-refractivity contribution < 1.29 is 9.18 Å². The van der Waals surface area contributed by atoms with E-state index in [1.807, 2.05) is 17.0 Å². The number of pyridine rings is 1. The number of aromatic nitrogens is 4. The molecule has 9 heteroatoms. The Balaban J connectivity index is 1.65. The number of H-pyrrole nitrogens is 1. The van der Waals surface area contributed by atoms with Crippen molar-refractivity contribution in [2.24, 2.45) is 0 Å². The molecule has 0 spiro atoms. The summed E-state index contributed by atoms with van der Waals surface area (Å²) in [5, 5.41) is 12.0. The molecule has 30 heavy (non-hydrogen) atoms. The molecular weight excluding hydrogens is 403 g/mol. The number of rotatable bonds is 3. The van der Waals surface area contributed by atoms with Gasteiger partial charge in [-0.05, 0) is 25.1 Å². The van der Waals surface area contributed by atoms with Crippen LogP contribution in [-0.4, -0.2) is 57.2 Å². The average Bonchev–Trinajstić information content (AvgIpc) is 3.42. The molecule has 0 saturated carbocycles. The highest BCUT2D eigenvalue weighted by molar-refractivity contribution is 7.18. The number of benzene rings is 1. The second kappa shape index (κ2) is 7.58. The lowest BCUT2D eigenvalue weighted by Gasteiger charge is -2.27. The van der Waals surface area contributed by atoms with Gasteiger partial charge < -0.3 is 10.2 Å². The second-order valence-corrected chi connectivity index (χ2v) is 8.15. The van der Waals surface area contributed by atoms with E-state index in [0.29, 0.717) is 40.6 Å². The van der Waals surface area contributed by atoms with Gasteiger partial charge in [0.05, 0.1) is 10.4 Å². The van der Waals surface area contributed by atoms with Crippen LogP contribution in [0.5, 0.6) is 0 Å². The molecule has 0 bridgehead atoms. The van der Waals surface area contributed by atoms with Crippen molar-refractivity contribution >= 4 is 28.1 Å². The van der Waals surface area contributed by atoms with Crippen LogP contribution in [0.25, 0.3) is 32.0 Å². The van der Waals surface area contributed by atoms with Crippen molar-refractivity contribution in [2.45, 2.75) is 6.92 Å². The number of amides is 1. The third-order valence-corrected chi connectivity index (χ3v) is 6.40. The first-order valence-corrected chi connectivity index (χ1v) is 10.5. The van der Waals surface area contributed by atoms with Crippen LogP contribution in [0, 0.1) is 12.7 Å². The maximum atomic E-state index is 13.9. The Morgan fingerprint density at radius 3 is 2.83 bits per heavy atom. The van der Waals surface area contributed by atoms with Crippen molar-refractivity contribution in [1.29, 1.82) is 0 Å². The van der Waals surface area contributed by atoms with E-state index in [4.69, 9.17) is 4.98 Å². The lowest BCUT2D eigenvalue weighted by atomic mass is 10.1. The number of aryl methyl sites for hydroxylation is 1. The first-order valence-electron chi connectivity index (χ1n) is 9.68. The third kappa shape index (κ3) is 3.16. The van der Waals surface area contributed by atoms with Gasteiger partial charge in [0, 0.05) is 55.1 Å². The fourth-order valence-corrected chi connectivity index (χ4v) is 4.69. The Morgan fingerprint density at radius 2 is 2.07 bits per heavy atom. The normalized spacial score (nSPS) is 14.4. The standard InChI is InChI=1S/C21H19FN6OS/c1-12-15(22)5-4-14-16(12)26-27-17(14)20-25-18(21(29)28-9-7-23-8-10-28)19(30-20)13-3-2-6-24-11-13/h2-6,11,23H,7-10H2,1H3,(H,26,27). The van der Waals surface area contributed by atoms with Crippen LogP contribution in [0.15, 0.2) is 36.7 Å². The molecule has 0 unspecified atom stereocenters. The number of fused-ring (bicyclic) bond motifs is 1. The van der Waals surface area contributed by atoms with E-state index in [-0.39, 0.29) is 11.7 Å². The van der Waals surface area contributed by atoms with Gasteiger partial charge in [0.2, 0.25) is 0 Å². The van der Waals surface area contributed by atoms with Crippen molar-refractivity contribution in [1.82, 2.24) is 30.4 Å². The van der Waals surface area contributed by atoms with Crippen molar-refractivity contribution in [3.63, 3.8) is 0 Å². The summed E-state index contributed by atoms with van der Waals surface area (Å²) in [7, 11) is 0. The van der Waals surface area contributed by atoms with Gasteiger partial charge in [-0.2, -0.15) is 5.10 Å². The molecular formula is C21H19FN6OS. The molecule has 0 radical (unpaired) electrons. The predicted octanol–water partition coefficient (Wildman–Crippen LogP) is 3.24. The molecule has 1 amide bonds. The zero-order chi connectivity index (χ0) is 20.7. The topological polar surface area (TPSA) is 86.8 Å². The van der Waals surface area contributed by atoms with Gasteiger partial charge >= 0.3 is 0 Å². The summed E-state index contributed by atoms with van der Waals surface area (Å²) >= 11 is 1.40. The number of thiazole rings is 1. The summed E-state index contributed by atoms with van der Waals surface area (Å²) in [4.78, 5) is 24.8. The summed E-state index contributed by atoms with van der Waals surface area (Å²) in [5.41, 5.74) is 3.00. The molecule has 7 nitrogen and oxygen atoms in total. The lowest BCUT2D eigenvalue weighted by molar-refractivity contribution is 0.0731. The summed E-state index contributed by atoms with van der Waals surface area (Å²) in [5.74, 6) is -0.387. The van der Waals surface area contributed by atoms with Crippen molar-refractivity contribution in [2.75, 3.05) is 26.2 Å². The molecule has 1 aliphatic rings. The van der Waals surface area contributed by atoms with E-state index in [1.165, 1.54) is 17.4 Å². The maximum Gasteiger partial charge on any atom is 0.274 e. The van der Waals surface area contributed by atoms with Gasteiger partial charge in [-0.1, -0.05) is 6.07 Å². The Labute approximate surface area is 176 Å². The van der Waals surface area contributed by atoms with E-state index in [9.17, 15) is 9.18 Å². The van der Waals surface area contributed by atoms with Gasteiger partial charge in [-0.25, -0.2) is 9.37 Å². The molecule has 152 valence electrons. The molecule has 1 saturated heterocycles. The van der Waals surface area contributed by atoms with Gasteiger partial charge in [0.1, 0.15) is 22.2 Å². The molecule has 3 aromatic heterocycles. The van der Waals surface area contributed by atoms with E-state index in [0.717, 1.165) is 28.9 Å². The molecule has 2 N–H and O–H groups in total. The number of aromatic amines is 1. The number of carbonyl (C=O) groups is 1. The van der Waals surface area contributed by atoms with Crippen LogP contribution in [0.4, 0.5) is 4.39 Å². The van der Waals surface area contributed by atoms with Gasteiger partial charge in [0.15, 0.2) is 0 Å². The molecule has 5 rings (SSSR count). The highest BCUT2D eigenvalue weighted by Crippen LogP contribution is 2.38. The Bertz CT molecular complexity index is 1230. The number of nitrogens with one attached hydrogen (secondary N) is 2. The van der Waals surface area contributed by atoms with Crippen LogP contribution >= 0.6 is 11.3 Å². The minimum Gasteiger partial charge on any atom is -0.335 e. The van der Waals surface area contributed by atoms with E-state index < -0.39 is 0 Å². The highest BCUT2D eigenvalue weighted by Gasteiger charge is 2.27. The minimum absolute atomic E-state index is 0.0973. The zero-order valence-corrected chi connectivity index (χ0v) is 17.1. The molecule has 1 aliphatic heterocycles. The first-order chi connectivity index (χ1) is 14.6. The molecule has 1 fully saturated rings. The maximum absolute atomic E-state index is 13.9. The second-order valence-electron chi connectivity index (χ2n) is 7.15. The highest BCUT2D eigenvalue weighted by atomic mass is 32.1. The summed E-state index contributed by atoms with van der Waals surface area (Å²) < 4.78 is 13.9.